The molecule has 2 aromatic carbocycles. The predicted octanol–water partition coefficient (Wildman–Crippen LogP) is 3.23. The monoisotopic (exact) mass is 497 g/mol. The lowest BCUT2D eigenvalue weighted by Crippen LogP contribution is -2.47. The van der Waals surface area contributed by atoms with Crippen LogP contribution in [0.1, 0.15) is 22.5 Å². The number of likely N-dealkylation sites (N-methyl/N-ethyl adjacent to an activating group) is 1. The first kappa shape index (κ1) is 24.5. The van der Waals surface area contributed by atoms with Crippen LogP contribution in [0.15, 0.2) is 73.2 Å². The number of para-hydroxylation sites is 1. The molecule has 1 aliphatic rings. The fraction of sp³-hybridized carbons (Fsp3) is 0.286. The predicted molar refractivity (Wildman–Crippen MR) is 143 cm³/mol. The highest BCUT2D eigenvalue weighted by Gasteiger charge is 2.20. The molecule has 3 heterocycles. The van der Waals surface area contributed by atoms with E-state index in [0.717, 1.165) is 48.7 Å². The first-order valence-electron chi connectivity index (χ1n) is 12.5. The van der Waals surface area contributed by atoms with Gasteiger partial charge in [-0.3, -0.25) is 24.2 Å². The molecule has 9 nitrogen and oxygen atoms in total. The van der Waals surface area contributed by atoms with Gasteiger partial charge in [-0.1, -0.05) is 30.3 Å². The summed E-state index contributed by atoms with van der Waals surface area (Å²) < 4.78 is 3.59. The van der Waals surface area contributed by atoms with Crippen molar-refractivity contribution in [1.82, 2.24) is 29.1 Å². The summed E-state index contributed by atoms with van der Waals surface area (Å²) in [6, 6.07) is 17.2. The minimum atomic E-state index is -0.256. The Morgan fingerprint density at radius 2 is 1.70 bits per heavy atom. The van der Waals surface area contributed by atoms with E-state index >= 15 is 0 Å². The number of rotatable bonds is 7. The van der Waals surface area contributed by atoms with Crippen molar-refractivity contribution >= 4 is 17.8 Å². The Bertz CT molecular complexity index is 1380. The molecule has 0 atom stereocenters. The summed E-state index contributed by atoms with van der Waals surface area (Å²) >= 11 is 0. The number of carbonyl (C=O) groups excluding carboxylic acids is 2. The number of hydrogen-bond donors (Lipinski definition) is 1. The zero-order valence-electron chi connectivity index (χ0n) is 21.2. The van der Waals surface area contributed by atoms with Gasteiger partial charge in [-0.15, -0.1) is 0 Å². The third-order valence-corrected chi connectivity index (χ3v) is 6.63. The molecule has 2 aromatic heterocycles. The van der Waals surface area contributed by atoms with Gasteiger partial charge in [0.15, 0.2) is 0 Å². The van der Waals surface area contributed by atoms with Gasteiger partial charge >= 0.3 is 0 Å². The van der Waals surface area contributed by atoms with Crippen LogP contribution in [-0.2, 0) is 18.3 Å². The Balaban J connectivity index is 1.34. The van der Waals surface area contributed by atoms with Crippen LogP contribution in [-0.4, -0.2) is 74.2 Å². The topological polar surface area (TPSA) is 88.3 Å². The van der Waals surface area contributed by atoms with Gasteiger partial charge in [-0.05, 0) is 36.9 Å². The van der Waals surface area contributed by atoms with Crippen molar-refractivity contribution < 1.29 is 9.59 Å². The van der Waals surface area contributed by atoms with Crippen LogP contribution in [0, 0.1) is 0 Å². The maximum absolute atomic E-state index is 13.2. The SMILES string of the molecule is CN1CCN(C(=O)CCc2cn(-c3ccccc3)c(NC(=O)c3cccc(-c4cnn(C)c4)c3)n2)CC1. The number of aryl methyl sites for hydroxylation is 2. The van der Waals surface area contributed by atoms with E-state index in [4.69, 9.17) is 4.98 Å². The van der Waals surface area contributed by atoms with E-state index in [2.05, 4.69) is 22.4 Å². The highest BCUT2D eigenvalue weighted by Crippen LogP contribution is 2.22. The number of amides is 2. The lowest BCUT2D eigenvalue weighted by molar-refractivity contribution is -0.132. The largest absolute Gasteiger partial charge is 0.340 e. The van der Waals surface area contributed by atoms with Gasteiger partial charge in [-0.2, -0.15) is 5.10 Å². The molecule has 9 heteroatoms. The van der Waals surface area contributed by atoms with Gasteiger partial charge in [0.1, 0.15) is 0 Å². The fourth-order valence-electron chi connectivity index (χ4n) is 4.46. The summed E-state index contributed by atoms with van der Waals surface area (Å²) in [6.45, 7) is 3.31. The van der Waals surface area contributed by atoms with Crippen LogP contribution in [0.4, 0.5) is 5.95 Å². The van der Waals surface area contributed by atoms with Crippen LogP contribution < -0.4 is 5.32 Å². The standard InChI is InChI=1S/C28H31N7O2/c1-32-13-15-34(16-14-32)26(36)12-11-24-20-35(25-9-4-3-5-10-25)28(30-24)31-27(37)22-8-6-7-21(17-22)23-18-29-33(2)19-23/h3-10,17-20H,11-16H2,1-2H3,(H,30,31,37). The summed E-state index contributed by atoms with van der Waals surface area (Å²) in [6.07, 6.45) is 6.47. The second kappa shape index (κ2) is 10.8. The third-order valence-electron chi connectivity index (χ3n) is 6.63. The summed E-state index contributed by atoms with van der Waals surface area (Å²) in [4.78, 5) is 34.9. The molecule has 1 N–H and O–H groups in total. The van der Waals surface area contributed by atoms with Crippen LogP contribution in [0.3, 0.4) is 0 Å². The normalized spacial score (nSPS) is 14.1. The minimum absolute atomic E-state index is 0.139. The molecule has 1 aliphatic heterocycles. The molecule has 0 spiro atoms. The minimum Gasteiger partial charge on any atom is -0.340 e. The Morgan fingerprint density at radius 1 is 0.919 bits per heavy atom. The van der Waals surface area contributed by atoms with Crippen molar-refractivity contribution in [3.63, 3.8) is 0 Å². The first-order valence-corrected chi connectivity index (χ1v) is 12.5. The van der Waals surface area contributed by atoms with E-state index in [0.29, 0.717) is 24.4 Å². The van der Waals surface area contributed by atoms with Crippen LogP contribution in [0.5, 0.6) is 0 Å². The quantitative estimate of drug-likeness (QED) is 0.424. The lowest BCUT2D eigenvalue weighted by atomic mass is 10.1. The Hall–Kier alpha value is -4.24. The Kier molecular flexibility index (Phi) is 7.14. The van der Waals surface area contributed by atoms with Crippen LogP contribution >= 0.6 is 0 Å². The Labute approximate surface area is 216 Å². The number of aromatic nitrogens is 4. The van der Waals surface area contributed by atoms with Gasteiger partial charge in [-0.25, -0.2) is 4.98 Å². The molecular weight excluding hydrogens is 466 g/mol. The third kappa shape index (κ3) is 5.78. The lowest BCUT2D eigenvalue weighted by Gasteiger charge is -2.32. The number of nitrogens with zero attached hydrogens (tertiary/aromatic N) is 6. The Morgan fingerprint density at radius 3 is 2.43 bits per heavy atom. The van der Waals surface area contributed by atoms with Crippen molar-refractivity contribution in [2.45, 2.75) is 12.8 Å². The molecular formula is C28H31N7O2. The fourth-order valence-corrected chi connectivity index (χ4v) is 4.46. The summed E-state index contributed by atoms with van der Waals surface area (Å²) in [5.74, 6) is 0.304. The number of benzene rings is 2. The molecule has 5 rings (SSSR count). The molecule has 0 radical (unpaired) electrons. The maximum atomic E-state index is 13.2. The van der Waals surface area contributed by atoms with E-state index < -0.39 is 0 Å². The van der Waals surface area contributed by atoms with E-state index in [1.165, 1.54) is 0 Å². The number of anilines is 1. The van der Waals surface area contributed by atoms with E-state index in [1.54, 1.807) is 16.9 Å². The van der Waals surface area contributed by atoms with Crippen molar-refractivity contribution in [3.8, 4) is 16.8 Å². The molecule has 0 unspecified atom stereocenters. The van der Waals surface area contributed by atoms with E-state index in [1.807, 2.05) is 77.4 Å². The maximum Gasteiger partial charge on any atom is 0.258 e. The summed E-state index contributed by atoms with van der Waals surface area (Å²) in [5, 5.41) is 7.20. The van der Waals surface area contributed by atoms with E-state index in [9.17, 15) is 9.59 Å². The highest BCUT2D eigenvalue weighted by molar-refractivity contribution is 6.04. The zero-order chi connectivity index (χ0) is 25.8. The average Bonchev–Trinajstić information content (AvgIpc) is 3.54. The first-order chi connectivity index (χ1) is 18.0. The second-order valence-electron chi connectivity index (χ2n) is 9.38. The van der Waals surface area contributed by atoms with Crippen molar-refractivity contribution in [2.24, 2.45) is 7.05 Å². The van der Waals surface area contributed by atoms with Crippen molar-refractivity contribution in [1.29, 1.82) is 0 Å². The molecule has 1 saturated heterocycles. The number of nitrogens with one attached hydrogen (secondary N) is 1. The smallest absolute Gasteiger partial charge is 0.258 e. The van der Waals surface area contributed by atoms with Crippen LogP contribution in [0.2, 0.25) is 0 Å². The van der Waals surface area contributed by atoms with Crippen molar-refractivity contribution in [2.75, 3.05) is 38.5 Å². The van der Waals surface area contributed by atoms with Crippen LogP contribution in [0.25, 0.3) is 16.8 Å². The average molecular weight is 498 g/mol. The molecule has 2 amide bonds. The molecule has 1 fully saturated rings. The molecule has 37 heavy (non-hydrogen) atoms. The number of hydrogen-bond acceptors (Lipinski definition) is 5. The number of piperazine rings is 1. The van der Waals surface area contributed by atoms with Gasteiger partial charge in [0.25, 0.3) is 5.91 Å². The van der Waals surface area contributed by atoms with Gasteiger partial charge < -0.3 is 9.80 Å². The molecule has 0 bridgehead atoms. The highest BCUT2D eigenvalue weighted by atomic mass is 16.2. The second-order valence-corrected chi connectivity index (χ2v) is 9.38. The molecule has 0 aliphatic carbocycles. The van der Waals surface area contributed by atoms with Gasteiger partial charge in [0.2, 0.25) is 11.9 Å². The number of imidazole rings is 1. The van der Waals surface area contributed by atoms with Crippen molar-refractivity contribution in [3.05, 3.63) is 84.4 Å². The summed E-state index contributed by atoms with van der Waals surface area (Å²) in [7, 11) is 3.93. The van der Waals surface area contributed by atoms with Gasteiger partial charge in [0, 0.05) is 75.3 Å². The molecule has 0 saturated carbocycles. The molecule has 4 aromatic rings. The zero-order valence-corrected chi connectivity index (χ0v) is 21.2. The number of carbonyl (C=O) groups is 2. The van der Waals surface area contributed by atoms with E-state index in [-0.39, 0.29) is 11.8 Å². The molecule has 190 valence electrons. The van der Waals surface area contributed by atoms with Gasteiger partial charge in [0.05, 0.1) is 11.9 Å². The summed E-state index contributed by atoms with van der Waals surface area (Å²) in [5.41, 5.74) is 4.01.